The van der Waals surface area contributed by atoms with Crippen LogP contribution in [0.1, 0.15) is 10.4 Å². The highest BCUT2D eigenvalue weighted by Crippen LogP contribution is 2.11. The number of amides is 1. The number of anilines is 1. The number of pyridine rings is 1. The molecule has 98 valence electrons. The van der Waals surface area contributed by atoms with Gasteiger partial charge in [0.2, 0.25) is 0 Å². The third-order valence-electron chi connectivity index (χ3n) is 2.54. The summed E-state index contributed by atoms with van der Waals surface area (Å²) in [6, 6.07) is 5.48. The van der Waals surface area contributed by atoms with E-state index in [1.54, 1.807) is 6.07 Å². The summed E-state index contributed by atoms with van der Waals surface area (Å²) in [6.45, 7) is 0. The van der Waals surface area contributed by atoms with Crippen LogP contribution < -0.4 is 10.9 Å². The first kappa shape index (κ1) is 12.9. The van der Waals surface area contributed by atoms with Crippen molar-refractivity contribution in [3.63, 3.8) is 0 Å². The topological polar surface area (TPSA) is 51.1 Å². The molecular weight excluding hydrogens is 254 g/mol. The minimum Gasteiger partial charge on any atom is -0.317 e. The van der Waals surface area contributed by atoms with Gasteiger partial charge in [0, 0.05) is 13.2 Å². The summed E-state index contributed by atoms with van der Waals surface area (Å²) in [7, 11) is 1.51. The lowest BCUT2D eigenvalue weighted by Crippen LogP contribution is -2.24. The van der Waals surface area contributed by atoms with Crippen molar-refractivity contribution in [2.45, 2.75) is 0 Å². The number of benzene rings is 1. The molecule has 0 fully saturated rings. The van der Waals surface area contributed by atoms with E-state index < -0.39 is 28.7 Å². The van der Waals surface area contributed by atoms with Gasteiger partial charge in [-0.05, 0) is 30.3 Å². The fourth-order valence-corrected chi connectivity index (χ4v) is 1.55. The van der Waals surface area contributed by atoms with Crippen molar-refractivity contribution in [2.24, 2.45) is 7.05 Å². The van der Waals surface area contributed by atoms with E-state index in [0.717, 1.165) is 18.2 Å². The number of nitrogens with one attached hydrogen (secondary N) is 1. The quantitative estimate of drug-likeness (QED) is 0.900. The number of hydrogen-bond donors (Lipinski definition) is 1. The molecule has 1 aromatic heterocycles. The van der Waals surface area contributed by atoms with E-state index >= 15 is 0 Å². The van der Waals surface area contributed by atoms with E-state index in [4.69, 9.17) is 0 Å². The molecule has 0 saturated carbocycles. The van der Waals surface area contributed by atoms with Crippen molar-refractivity contribution in [1.82, 2.24) is 4.57 Å². The monoisotopic (exact) mass is 264 g/mol. The number of carbonyl (C=O) groups excluding carboxylic acids is 1. The average Bonchev–Trinajstić information content (AvgIpc) is 2.38. The fraction of sp³-hybridized carbons (Fsp3) is 0.0769. The molecule has 1 amide bonds. The molecule has 6 heteroatoms. The number of rotatable bonds is 2. The molecule has 0 bridgehead atoms. The Kier molecular flexibility index (Phi) is 3.41. The van der Waals surface area contributed by atoms with Gasteiger partial charge >= 0.3 is 0 Å². The molecule has 1 heterocycles. The van der Waals surface area contributed by atoms with Gasteiger partial charge in [0.25, 0.3) is 11.5 Å². The van der Waals surface area contributed by atoms with E-state index in [0.29, 0.717) is 0 Å². The van der Waals surface area contributed by atoms with Crippen molar-refractivity contribution in [3.8, 4) is 0 Å². The third kappa shape index (κ3) is 2.67. The number of aryl methyl sites for hydroxylation is 1. The number of halogens is 2. The SMILES string of the molecule is Cn1cccc(NC(=O)c2cc(F)ccc2F)c1=O. The van der Waals surface area contributed by atoms with Crippen LogP contribution in [0.15, 0.2) is 41.3 Å². The number of hydrogen-bond acceptors (Lipinski definition) is 2. The average molecular weight is 264 g/mol. The lowest BCUT2D eigenvalue weighted by molar-refractivity contribution is 0.102. The Morgan fingerprint density at radius 2 is 2.00 bits per heavy atom. The van der Waals surface area contributed by atoms with Crippen molar-refractivity contribution in [3.05, 3.63) is 64.1 Å². The molecule has 0 atom stereocenters. The standard InChI is InChI=1S/C13H10F2N2O2/c1-17-6-2-3-11(13(17)19)16-12(18)9-7-8(14)4-5-10(9)15/h2-7H,1H3,(H,16,18). The zero-order valence-electron chi connectivity index (χ0n) is 9.98. The summed E-state index contributed by atoms with van der Waals surface area (Å²) in [5.41, 5.74) is -0.891. The summed E-state index contributed by atoms with van der Waals surface area (Å²) in [4.78, 5) is 23.5. The van der Waals surface area contributed by atoms with Crippen LogP contribution in [0.5, 0.6) is 0 Å². The Morgan fingerprint density at radius 1 is 1.26 bits per heavy atom. The van der Waals surface area contributed by atoms with Gasteiger partial charge in [0.05, 0.1) is 5.56 Å². The van der Waals surface area contributed by atoms with Gasteiger partial charge in [-0.25, -0.2) is 8.78 Å². The maximum absolute atomic E-state index is 13.4. The minimum atomic E-state index is -0.875. The first-order valence-corrected chi connectivity index (χ1v) is 5.41. The molecule has 4 nitrogen and oxygen atoms in total. The second-order valence-corrected chi connectivity index (χ2v) is 3.92. The summed E-state index contributed by atoms with van der Waals surface area (Å²) in [5.74, 6) is -2.46. The summed E-state index contributed by atoms with van der Waals surface area (Å²) >= 11 is 0. The Bertz CT molecular complexity index is 695. The Morgan fingerprint density at radius 3 is 2.74 bits per heavy atom. The fourth-order valence-electron chi connectivity index (χ4n) is 1.55. The Labute approximate surface area is 107 Å². The van der Waals surface area contributed by atoms with Crippen LogP contribution in [0, 0.1) is 11.6 Å². The Hall–Kier alpha value is -2.50. The normalized spacial score (nSPS) is 10.3. The molecule has 19 heavy (non-hydrogen) atoms. The number of aromatic nitrogens is 1. The molecule has 0 aliphatic rings. The van der Waals surface area contributed by atoms with Crippen LogP contribution in [0.4, 0.5) is 14.5 Å². The predicted molar refractivity (Wildman–Crippen MR) is 66.0 cm³/mol. The maximum atomic E-state index is 13.4. The highest BCUT2D eigenvalue weighted by atomic mass is 19.1. The predicted octanol–water partition coefficient (Wildman–Crippen LogP) is 1.92. The van der Waals surface area contributed by atoms with Crippen molar-refractivity contribution in [1.29, 1.82) is 0 Å². The highest BCUT2D eigenvalue weighted by molar-refractivity contribution is 6.04. The van der Waals surface area contributed by atoms with Crippen LogP contribution in [0.25, 0.3) is 0 Å². The van der Waals surface area contributed by atoms with E-state index in [9.17, 15) is 18.4 Å². The maximum Gasteiger partial charge on any atom is 0.274 e. The van der Waals surface area contributed by atoms with E-state index in [1.165, 1.54) is 23.9 Å². The molecular formula is C13H10F2N2O2. The Balaban J connectivity index is 2.33. The lowest BCUT2D eigenvalue weighted by atomic mass is 10.2. The van der Waals surface area contributed by atoms with Gasteiger partial charge in [0.1, 0.15) is 17.3 Å². The van der Waals surface area contributed by atoms with Crippen molar-refractivity contribution >= 4 is 11.6 Å². The van der Waals surface area contributed by atoms with E-state index in [1.807, 2.05) is 0 Å². The van der Waals surface area contributed by atoms with Crippen LogP contribution in [0.3, 0.4) is 0 Å². The molecule has 2 aromatic rings. The molecule has 0 spiro atoms. The first-order valence-electron chi connectivity index (χ1n) is 5.41. The molecule has 0 saturated heterocycles. The first-order chi connectivity index (χ1) is 8.99. The van der Waals surface area contributed by atoms with Gasteiger partial charge in [-0.1, -0.05) is 0 Å². The summed E-state index contributed by atoms with van der Waals surface area (Å²) in [5, 5.41) is 2.26. The second-order valence-electron chi connectivity index (χ2n) is 3.92. The van der Waals surface area contributed by atoms with Crippen molar-refractivity contribution < 1.29 is 13.6 Å². The second kappa shape index (κ2) is 5.01. The molecule has 0 unspecified atom stereocenters. The third-order valence-corrected chi connectivity index (χ3v) is 2.54. The summed E-state index contributed by atoms with van der Waals surface area (Å²) < 4.78 is 27.6. The molecule has 1 aromatic carbocycles. The van der Waals surface area contributed by atoms with Gasteiger partial charge in [-0.2, -0.15) is 0 Å². The largest absolute Gasteiger partial charge is 0.317 e. The highest BCUT2D eigenvalue weighted by Gasteiger charge is 2.14. The minimum absolute atomic E-state index is 0.00124. The zero-order chi connectivity index (χ0) is 14.0. The van der Waals surface area contributed by atoms with E-state index in [2.05, 4.69) is 5.32 Å². The molecule has 1 N–H and O–H groups in total. The zero-order valence-corrected chi connectivity index (χ0v) is 9.98. The van der Waals surface area contributed by atoms with Crippen LogP contribution >= 0.6 is 0 Å². The molecule has 0 aliphatic carbocycles. The van der Waals surface area contributed by atoms with Gasteiger partial charge < -0.3 is 9.88 Å². The smallest absolute Gasteiger partial charge is 0.274 e. The summed E-state index contributed by atoms with van der Waals surface area (Å²) in [6.07, 6.45) is 1.51. The van der Waals surface area contributed by atoms with Gasteiger partial charge in [-0.15, -0.1) is 0 Å². The van der Waals surface area contributed by atoms with Crippen LogP contribution in [-0.4, -0.2) is 10.5 Å². The molecule has 2 rings (SSSR count). The molecule has 0 aliphatic heterocycles. The lowest BCUT2D eigenvalue weighted by Gasteiger charge is -2.06. The van der Waals surface area contributed by atoms with Crippen LogP contribution in [-0.2, 0) is 7.05 Å². The number of carbonyl (C=O) groups is 1. The van der Waals surface area contributed by atoms with Crippen LogP contribution in [0.2, 0.25) is 0 Å². The molecule has 0 radical (unpaired) electrons. The van der Waals surface area contributed by atoms with Crippen molar-refractivity contribution in [2.75, 3.05) is 5.32 Å². The van der Waals surface area contributed by atoms with E-state index in [-0.39, 0.29) is 5.69 Å². The number of nitrogens with zero attached hydrogens (tertiary/aromatic N) is 1. The van der Waals surface area contributed by atoms with Gasteiger partial charge in [0.15, 0.2) is 0 Å². The van der Waals surface area contributed by atoms with Gasteiger partial charge in [-0.3, -0.25) is 9.59 Å².